The van der Waals surface area contributed by atoms with Crippen LogP contribution in [-0.2, 0) is 19.1 Å². The minimum absolute atomic E-state index is 0.0599. The number of carbonyl (C=O) groups excluding carboxylic acids is 3. The number of rotatable bonds is 9. The van der Waals surface area contributed by atoms with Gasteiger partial charge in [-0.05, 0) is 32.6 Å². The van der Waals surface area contributed by atoms with Crippen molar-refractivity contribution in [3.05, 3.63) is 0 Å². The van der Waals surface area contributed by atoms with Gasteiger partial charge < -0.3 is 14.7 Å². The lowest BCUT2D eigenvalue weighted by Crippen LogP contribution is -2.54. The Kier molecular flexibility index (Phi) is 8.43. The van der Waals surface area contributed by atoms with Crippen molar-refractivity contribution in [2.75, 3.05) is 20.2 Å². The Balaban J connectivity index is 2.03. The molecule has 9 nitrogen and oxygen atoms in total. The molecule has 9 heteroatoms. The maximum atomic E-state index is 12.8. The number of carboxylic acid groups (broad SMARTS) is 1. The zero-order chi connectivity index (χ0) is 21.6. The smallest absolute Gasteiger partial charge is 0.328 e. The van der Waals surface area contributed by atoms with E-state index in [0.29, 0.717) is 12.3 Å². The Labute approximate surface area is 171 Å². The summed E-state index contributed by atoms with van der Waals surface area (Å²) in [7, 11) is 1.45. The van der Waals surface area contributed by atoms with E-state index in [0.717, 1.165) is 24.2 Å². The van der Waals surface area contributed by atoms with Crippen LogP contribution >= 0.6 is 0 Å². The predicted octanol–water partition coefficient (Wildman–Crippen LogP) is 1.60. The number of imide groups is 1. The van der Waals surface area contributed by atoms with Crippen molar-refractivity contribution in [1.29, 1.82) is 0 Å². The Morgan fingerprint density at radius 1 is 1.24 bits per heavy atom. The number of ether oxygens (including phenoxy) is 1. The molecule has 164 valence electrons. The van der Waals surface area contributed by atoms with Crippen molar-refractivity contribution >= 4 is 23.9 Å². The van der Waals surface area contributed by atoms with Crippen LogP contribution in [0.5, 0.6) is 0 Å². The molecule has 0 spiro atoms. The minimum Gasteiger partial charge on any atom is -0.480 e. The Morgan fingerprint density at radius 2 is 1.90 bits per heavy atom. The van der Waals surface area contributed by atoms with E-state index in [-0.39, 0.29) is 13.2 Å². The molecular weight excluding hydrogens is 378 g/mol. The van der Waals surface area contributed by atoms with Crippen LogP contribution in [0.1, 0.15) is 58.8 Å². The molecular formula is C20H33N3O6. The standard InChI is InChI=1S/C20H33N3O6/c1-4-29-19(27)15(11-10-14-8-6-5-7-9-14)21-13(2)17(24)23-16(18(25)26)12-22(3)20(23)28/h13-16,21H,4-12H2,1-3H3,(H,25,26)/t13?,15?,16-/m0/s1. The van der Waals surface area contributed by atoms with Crippen molar-refractivity contribution in [2.24, 2.45) is 5.92 Å². The zero-order valence-corrected chi connectivity index (χ0v) is 17.6. The molecule has 1 saturated heterocycles. The topological polar surface area (TPSA) is 116 Å². The van der Waals surface area contributed by atoms with Gasteiger partial charge in [-0.25, -0.2) is 14.5 Å². The third kappa shape index (κ3) is 5.91. The molecule has 0 bridgehead atoms. The SMILES string of the molecule is CCOC(=O)C(CCC1CCCCC1)NC(C)C(=O)N1C(=O)N(C)C[C@H]1C(=O)O. The molecule has 0 aromatic carbocycles. The van der Waals surface area contributed by atoms with Crippen molar-refractivity contribution in [3.8, 4) is 0 Å². The molecule has 3 atom stereocenters. The van der Waals surface area contributed by atoms with Gasteiger partial charge in [-0.3, -0.25) is 14.9 Å². The summed E-state index contributed by atoms with van der Waals surface area (Å²) < 4.78 is 5.15. The molecule has 1 heterocycles. The number of hydrogen-bond donors (Lipinski definition) is 2. The summed E-state index contributed by atoms with van der Waals surface area (Å²) in [4.78, 5) is 50.9. The van der Waals surface area contributed by atoms with Gasteiger partial charge in [0.2, 0.25) is 5.91 Å². The molecule has 29 heavy (non-hydrogen) atoms. The molecule has 1 aliphatic heterocycles. The number of nitrogens with zero attached hydrogens (tertiary/aromatic N) is 2. The minimum atomic E-state index is -1.23. The van der Waals surface area contributed by atoms with Gasteiger partial charge in [0.1, 0.15) is 6.04 Å². The van der Waals surface area contributed by atoms with Gasteiger partial charge in [0.05, 0.1) is 19.2 Å². The molecule has 2 unspecified atom stereocenters. The van der Waals surface area contributed by atoms with Gasteiger partial charge in [-0.2, -0.15) is 0 Å². The van der Waals surface area contributed by atoms with Crippen LogP contribution in [-0.4, -0.2) is 77.1 Å². The van der Waals surface area contributed by atoms with Crippen LogP contribution in [0.25, 0.3) is 0 Å². The van der Waals surface area contributed by atoms with Gasteiger partial charge in [-0.15, -0.1) is 0 Å². The number of carboxylic acids is 1. The summed E-state index contributed by atoms with van der Waals surface area (Å²) in [5, 5.41) is 12.3. The quantitative estimate of drug-likeness (QED) is 0.554. The van der Waals surface area contributed by atoms with E-state index < -0.39 is 42.0 Å². The van der Waals surface area contributed by atoms with Gasteiger partial charge >= 0.3 is 18.0 Å². The fourth-order valence-corrected chi connectivity index (χ4v) is 4.14. The number of nitrogens with one attached hydrogen (secondary N) is 1. The third-order valence-electron chi connectivity index (χ3n) is 5.79. The van der Waals surface area contributed by atoms with E-state index in [9.17, 15) is 24.3 Å². The normalized spacial score (nSPS) is 22.4. The highest BCUT2D eigenvalue weighted by molar-refractivity contribution is 6.02. The molecule has 2 aliphatic rings. The first-order chi connectivity index (χ1) is 13.8. The maximum absolute atomic E-state index is 12.8. The van der Waals surface area contributed by atoms with Crippen molar-refractivity contribution in [3.63, 3.8) is 0 Å². The summed E-state index contributed by atoms with van der Waals surface area (Å²) in [5.74, 6) is -1.75. The Bertz CT molecular complexity index is 619. The van der Waals surface area contributed by atoms with Crippen LogP contribution in [0.2, 0.25) is 0 Å². The van der Waals surface area contributed by atoms with Crippen LogP contribution in [0.15, 0.2) is 0 Å². The lowest BCUT2D eigenvalue weighted by atomic mass is 9.85. The van der Waals surface area contributed by atoms with Crippen LogP contribution in [0.4, 0.5) is 4.79 Å². The van der Waals surface area contributed by atoms with E-state index >= 15 is 0 Å². The number of amides is 3. The first-order valence-electron chi connectivity index (χ1n) is 10.5. The molecule has 3 amide bonds. The number of likely N-dealkylation sites (N-methyl/N-ethyl adjacent to an activating group) is 1. The van der Waals surface area contributed by atoms with E-state index in [1.165, 1.54) is 31.2 Å². The first-order valence-corrected chi connectivity index (χ1v) is 10.5. The van der Waals surface area contributed by atoms with Gasteiger partial charge in [0, 0.05) is 7.05 Å². The number of carbonyl (C=O) groups is 4. The highest BCUT2D eigenvalue weighted by atomic mass is 16.5. The second-order valence-electron chi connectivity index (χ2n) is 8.00. The lowest BCUT2D eigenvalue weighted by molar-refractivity contribution is -0.148. The number of hydrogen-bond acceptors (Lipinski definition) is 6. The van der Waals surface area contributed by atoms with Gasteiger partial charge in [0.25, 0.3) is 0 Å². The van der Waals surface area contributed by atoms with Gasteiger partial charge in [0.15, 0.2) is 6.04 Å². The highest BCUT2D eigenvalue weighted by Gasteiger charge is 2.45. The predicted molar refractivity (Wildman–Crippen MR) is 105 cm³/mol. The average Bonchev–Trinajstić information content (AvgIpc) is 3.00. The molecule has 1 aliphatic carbocycles. The third-order valence-corrected chi connectivity index (χ3v) is 5.79. The van der Waals surface area contributed by atoms with Crippen molar-refractivity contribution in [1.82, 2.24) is 15.1 Å². The first kappa shape index (κ1) is 23.1. The Morgan fingerprint density at radius 3 is 2.48 bits per heavy atom. The summed E-state index contributed by atoms with van der Waals surface area (Å²) in [5.41, 5.74) is 0. The van der Waals surface area contributed by atoms with Crippen molar-refractivity contribution < 1.29 is 29.0 Å². The summed E-state index contributed by atoms with van der Waals surface area (Å²) >= 11 is 0. The summed E-state index contributed by atoms with van der Waals surface area (Å²) in [6.07, 6.45) is 7.37. The van der Waals surface area contributed by atoms with Crippen molar-refractivity contribution in [2.45, 2.75) is 76.9 Å². The summed E-state index contributed by atoms with van der Waals surface area (Å²) in [6, 6.07) is -3.44. The molecule has 0 aromatic heterocycles. The second kappa shape index (κ2) is 10.6. The van der Waals surface area contributed by atoms with E-state index in [2.05, 4.69) is 5.32 Å². The monoisotopic (exact) mass is 411 g/mol. The molecule has 2 N–H and O–H groups in total. The molecule has 2 rings (SSSR count). The van der Waals surface area contributed by atoms with E-state index in [1.807, 2.05) is 0 Å². The molecule has 2 fully saturated rings. The van der Waals surface area contributed by atoms with Crippen LogP contribution in [0.3, 0.4) is 0 Å². The van der Waals surface area contributed by atoms with E-state index in [1.54, 1.807) is 13.8 Å². The number of aliphatic carboxylic acids is 1. The highest BCUT2D eigenvalue weighted by Crippen LogP contribution is 2.28. The molecule has 0 radical (unpaired) electrons. The fourth-order valence-electron chi connectivity index (χ4n) is 4.14. The van der Waals surface area contributed by atoms with Crippen LogP contribution < -0.4 is 5.32 Å². The molecule has 1 saturated carbocycles. The molecule has 0 aromatic rings. The van der Waals surface area contributed by atoms with E-state index in [4.69, 9.17) is 4.74 Å². The maximum Gasteiger partial charge on any atom is 0.328 e. The van der Waals surface area contributed by atoms with Crippen LogP contribution in [0, 0.1) is 5.92 Å². The van der Waals surface area contributed by atoms with Gasteiger partial charge in [-0.1, -0.05) is 32.1 Å². The second-order valence-corrected chi connectivity index (χ2v) is 8.00. The largest absolute Gasteiger partial charge is 0.480 e. The Hall–Kier alpha value is -2.16. The average molecular weight is 411 g/mol. The fraction of sp³-hybridized carbons (Fsp3) is 0.800. The lowest BCUT2D eigenvalue weighted by Gasteiger charge is -2.27. The zero-order valence-electron chi connectivity index (χ0n) is 17.6. The summed E-state index contributed by atoms with van der Waals surface area (Å²) in [6.45, 7) is 3.44. The number of esters is 1. The number of urea groups is 1.